The first-order valence-electron chi connectivity index (χ1n) is 5.89. The Labute approximate surface area is 107 Å². The van der Waals surface area contributed by atoms with Gasteiger partial charge in [-0.2, -0.15) is 0 Å². The van der Waals surface area contributed by atoms with Crippen LogP contribution in [0.25, 0.3) is 17.0 Å². The highest BCUT2D eigenvalue weighted by atomic mass is 16.3. The summed E-state index contributed by atoms with van der Waals surface area (Å²) in [6.45, 7) is 9.51. The van der Waals surface area contributed by atoms with E-state index in [9.17, 15) is 4.79 Å². The second kappa shape index (κ2) is 6.55. The third kappa shape index (κ3) is 2.74. The molecule has 2 aromatic heterocycles. The van der Waals surface area contributed by atoms with Crippen LogP contribution in [0.15, 0.2) is 35.4 Å². The molecule has 2 aromatic rings. The molecule has 0 atom stereocenters. The Kier molecular flexibility index (Phi) is 5.06. The Morgan fingerprint density at radius 1 is 1.39 bits per heavy atom. The lowest BCUT2D eigenvalue weighted by atomic mass is 10.1. The number of hydrogen-bond acceptors (Lipinski definition) is 3. The van der Waals surface area contributed by atoms with Crippen LogP contribution >= 0.6 is 0 Å². The van der Waals surface area contributed by atoms with Crippen LogP contribution in [-0.4, -0.2) is 11.3 Å². The largest absolute Gasteiger partial charge is 0.453 e. The molecule has 2 heterocycles. The second-order valence-electron chi connectivity index (χ2n) is 3.40. The number of aryl methyl sites for hydroxylation is 1. The summed E-state index contributed by atoms with van der Waals surface area (Å²) < 4.78 is 5.43. The monoisotopic (exact) mass is 243 g/mol. The lowest BCUT2D eigenvalue weighted by Gasteiger charge is -1.99. The van der Waals surface area contributed by atoms with Crippen LogP contribution < -0.4 is 0 Å². The van der Waals surface area contributed by atoms with Gasteiger partial charge in [-0.05, 0) is 19.1 Å². The number of allylic oxidation sites excluding steroid dienone is 2. The lowest BCUT2D eigenvalue weighted by Crippen LogP contribution is -1.85. The molecule has 0 saturated heterocycles. The van der Waals surface area contributed by atoms with Crippen molar-refractivity contribution in [2.45, 2.75) is 20.8 Å². The zero-order chi connectivity index (χ0) is 13.5. The molecule has 0 aliphatic heterocycles. The van der Waals surface area contributed by atoms with Gasteiger partial charge >= 0.3 is 0 Å². The predicted molar refractivity (Wildman–Crippen MR) is 74.7 cm³/mol. The molecule has 2 rings (SSSR count). The first-order chi connectivity index (χ1) is 8.76. The molecule has 0 bridgehead atoms. The minimum absolute atomic E-state index is 0.315. The molecular formula is C15H17NO2. The van der Waals surface area contributed by atoms with Gasteiger partial charge in [-0.3, -0.25) is 9.78 Å². The van der Waals surface area contributed by atoms with Gasteiger partial charge in [-0.15, -0.1) is 0 Å². The van der Waals surface area contributed by atoms with Crippen molar-refractivity contribution in [3.05, 3.63) is 48.0 Å². The van der Waals surface area contributed by atoms with E-state index >= 15 is 0 Å². The van der Waals surface area contributed by atoms with Crippen molar-refractivity contribution in [3.63, 3.8) is 0 Å². The third-order valence-electron chi connectivity index (χ3n) is 2.33. The average Bonchev–Trinajstić information content (AvgIpc) is 2.83. The number of aromatic nitrogens is 1. The summed E-state index contributed by atoms with van der Waals surface area (Å²) >= 11 is 0. The van der Waals surface area contributed by atoms with Crippen LogP contribution in [0.4, 0.5) is 0 Å². The standard InChI is InChI=1S/C13H11NO2.C2H6/c1-3-4-5-12-9(2)14-7-10-6-11(8-15)16-13(10)12;1-2/h3-8H,1H2,2H3;1-2H3/b5-4-;. The molecule has 3 nitrogen and oxygen atoms in total. The molecule has 0 aliphatic carbocycles. The van der Waals surface area contributed by atoms with Gasteiger partial charge in [-0.1, -0.05) is 32.6 Å². The number of rotatable bonds is 3. The molecule has 0 spiro atoms. The highest BCUT2D eigenvalue weighted by molar-refractivity contribution is 5.90. The molecule has 0 aliphatic rings. The van der Waals surface area contributed by atoms with Crippen LogP contribution in [0.1, 0.15) is 35.7 Å². The van der Waals surface area contributed by atoms with Crippen molar-refractivity contribution >= 4 is 23.3 Å². The molecule has 0 unspecified atom stereocenters. The van der Waals surface area contributed by atoms with Gasteiger partial charge in [0.2, 0.25) is 0 Å². The zero-order valence-electron chi connectivity index (χ0n) is 10.9. The number of carbonyl (C=O) groups excluding carboxylic acids is 1. The SMILES string of the molecule is C=C/C=C\c1c(C)ncc2cc(C=O)oc12.CC. The topological polar surface area (TPSA) is 43.1 Å². The zero-order valence-corrected chi connectivity index (χ0v) is 10.9. The summed E-state index contributed by atoms with van der Waals surface area (Å²) in [5.41, 5.74) is 2.43. The van der Waals surface area contributed by atoms with E-state index in [1.54, 1.807) is 18.3 Å². The lowest BCUT2D eigenvalue weighted by molar-refractivity contribution is 0.110. The number of carbonyl (C=O) groups is 1. The Balaban J connectivity index is 0.000000771. The van der Waals surface area contributed by atoms with E-state index in [1.165, 1.54) is 0 Å². The Bertz CT molecular complexity index is 579. The smallest absolute Gasteiger partial charge is 0.185 e. The fourth-order valence-electron chi connectivity index (χ4n) is 1.55. The number of nitrogens with zero attached hydrogens (tertiary/aromatic N) is 1. The summed E-state index contributed by atoms with van der Waals surface area (Å²) in [6.07, 6.45) is 7.76. The van der Waals surface area contributed by atoms with Gasteiger partial charge in [-0.25, -0.2) is 0 Å². The Morgan fingerprint density at radius 2 is 2.11 bits per heavy atom. The minimum atomic E-state index is 0.315. The van der Waals surface area contributed by atoms with Gasteiger partial charge in [0.15, 0.2) is 12.0 Å². The van der Waals surface area contributed by atoms with E-state index in [1.807, 2.05) is 32.9 Å². The number of aldehydes is 1. The average molecular weight is 243 g/mol. The highest BCUT2D eigenvalue weighted by Gasteiger charge is 2.09. The van der Waals surface area contributed by atoms with Crippen molar-refractivity contribution in [1.29, 1.82) is 0 Å². The molecule has 0 amide bonds. The molecule has 0 fully saturated rings. The molecule has 0 saturated carbocycles. The maximum absolute atomic E-state index is 10.6. The molecule has 94 valence electrons. The summed E-state index contributed by atoms with van der Waals surface area (Å²) in [7, 11) is 0. The fourth-order valence-corrected chi connectivity index (χ4v) is 1.55. The van der Waals surface area contributed by atoms with Gasteiger partial charge in [0.25, 0.3) is 0 Å². The van der Waals surface area contributed by atoms with Crippen LogP contribution in [-0.2, 0) is 0 Å². The molecule has 0 aromatic carbocycles. The van der Waals surface area contributed by atoms with Crippen LogP contribution in [0.2, 0.25) is 0 Å². The van der Waals surface area contributed by atoms with Crippen molar-refractivity contribution in [3.8, 4) is 0 Å². The van der Waals surface area contributed by atoms with Crippen LogP contribution in [0.5, 0.6) is 0 Å². The van der Waals surface area contributed by atoms with Gasteiger partial charge in [0, 0.05) is 22.8 Å². The molecule has 0 N–H and O–H groups in total. The van der Waals surface area contributed by atoms with Crippen molar-refractivity contribution < 1.29 is 9.21 Å². The Morgan fingerprint density at radius 3 is 2.72 bits per heavy atom. The van der Waals surface area contributed by atoms with E-state index < -0.39 is 0 Å². The summed E-state index contributed by atoms with van der Waals surface area (Å²) in [5, 5.41) is 0.830. The fraction of sp³-hybridized carbons (Fsp3) is 0.200. The summed E-state index contributed by atoms with van der Waals surface area (Å²) in [4.78, 5) is 14.9. The van der Waals surface area contributed by atoms with Gasteiger partial charge in [0.05, 0.1) is 0 Å². The van der Waals surface area contributed by atoms with Crippen LogP contribution in [0.3, 0.4) is 0 Å². The first-order valence-corrected chi connectivity index (χ1v) is 5.89. The third-order valence-corrected chi connectivity index (χ3v) is 2.33. The number of hydrogen-bond donors (Lipinski definition) is 0. The molecular weight excluding hydrogens is 226 g/mol. The molecule has 18 heavy (non-hydrogen) atoms. The van der Waals surface area contributed by atoms with Gasteiger partial charge < -0.3 is 4.42 Å². The molecule has 3 heteroatoms. The predicted octanol–water partition coefficient (Wildman–Crippen LogP) is 4.17. The van der Waals surface area contributed by atoms with E-state index in [0.717, 1.165) is 16.6 Å². The van der Waals surface area contributed by atoms with Crippen LogP contribution in [0, 0.1) is 6.92 Å². The summed E-state index contributed by atoms with van der Waals surface area (Å²) in [5.74, 6) is 0.315. The quantitative estimate of drug-likeness (QED) is 0.600. The number of furan rings is 1. The van der Waals surface area contributed by atoms with Crippen molar-refractivity contribution in [1.82, 2.24) is 4.98 Å². The normalized spacial score (nSPS) is 10.2. The van der Waals surface area contributed by atoms with E-state index in [4.69, 9.17) is 4.42 Å². The van der Waals surface area contributed by atoms with Crippen molar-refractivity contribution in [2.24, 2.45) is 0 Å². The second-order valence-corrected chi connectivity index (χ2v) is 3.40. The maximum Gasteiger partial charge on any atom is 0.185 e. The van der Waals surface area contributed by atoms with Gasteiger partial charge in [0.1, 0.15) is 5.58 Å². The van der Waals surface area contributed by atoms with E-state index in [2.05, 4.69) is 11.6 Å². The van der Waals surface area contributed by atoms with E-state index in [0.29, 0.717) is 17.6 Å². The minimum Gasteiger partial charge on any atom is -0.453 e. The number of pyridine rings is 1. The van der Waals surface area contributed by atoms with Crippen molar-refractivity contribution in [2.75, 3.05) is 0 Å². The summed E-state index contributed by atoms with van der Waals surface area (Å²) in [6, 6.07) is 1.68. The first kappa shape index (κ1) is 13.9. The number of fused-ring (bicyclic) bond motifs is 1. The highest BCUT2D eigenvalue weighted by Crippen LogP contribution is 2.24. The molecule has 0 radical (unpaired) electrons. The van der Waals surface area contributed by atoms with E-state index in [-0.39, 0.29) is 0 Å². The maximum atomic E-state index is 10.6. The Hall–Kier alpha value is -2.16.